The number of para-hydroxylation sites is 1. The van der Waals surface area contributed by atoms with Crippen LogP contribution in [0.15, 0.2) is 48.5 Å². The van der Waals surface area contributed by atoms with Crippen molar-refractivity contribution in [1.82, 2.24) is 0 Å². The number of carbonyl (C=O) groups excluding carboxylic acids is 2. The highest BCUT2D eigenvalue weighted by atomic mass is 16.5. The van der Waals surface area contributed by atoms with Gasteiger partial charge < -0.3 is 9.64 Å². The van der Waals surface area contributed by atoms with Crippen molar-refractivity contribution in [2.75, 3.05) is 4.90 Å². The second-order valence-electron chi connectivity index (χ2n) is 6.13. The van der Waals surface area contributed by atoms with E-state index in [9.17, 15) is 9.59 Å². The molecular weight excluding hydrogens is 316 g/mol. The van der Waals surface area contributed by atoms with Gasteiger partial charge in [0.25, 0.3) is 5.91 Å². The summed E-state index contributed by atoms with van der Waals surface area (Å²) in [6.07, 6.45) is -0.102. The molecule has 0 unspecified atom stereocenters. The average molecular weight is 334 g/mol. The summed E-state index contributed by atoms with van der Waals surface area (Å²) in [5.41, 5.74) is 2.77. The van der Waals surface area contributed by atoms with Crippen LogP contribution in [0, 0.1) is 11.3 Å². The van der Waals surface area contributed by atoms with Gasteiger partial charge in [-0.15, -0.1) is 0 Å². The predicted molar refractivity (Wildman–Crippen MR) is 93.1 cm³/mol. The van der Waals surface area contributed by atoms with Gasteiger partial charge in [0, 0.05) is 11.7 Å². The molecule has 1 heterocycles. The Bertz CT molecular complexity index is 852. The van der Waals surface area contributed by atoms with Crippen LogP contribution >= 0.6 is 0 Å². The second-order valence-corrected chi connectivity index (χ2v) is 6.13. The van der Waals surface area contributed by atoms with E-state index in [1.54, 1.807) is 24.0 Å². The standard InChI is InChI=1S/C20H18N2O3/c1-13-11-17-5-3-4-6-18(17)22(13)19(23)14(2)25-20(24)16-9-7-15(12-21)8-10-16/h3-10,13-14H,11H2,1-2H3/t13-,14-/m1/s1. The largest absolute Gasteiger partial charge is 0.449 e. The summed E-state index contributed by atoms with van der Waals surface area (Å²) < 4.78 is 5.33. The van der Waals surface area contributed by atoms with Gasteiger partial charge >= 0.3 is 5.97 Å². The minimum Gasteiger partial charge on any atom is -0.449 e. The van der Waals surface area contributed by atoms with Crippen molar-refractivity contribution in [3.05, 3.63) is 65.2 Å². The molecule has 2 aromatic carbocycles. The highest BCUT2D eigenvalue weighted by Gasteiger charge is 2.34. The number of nitriles is 1. The maximum Gasteiger partial charge on any atom is 0.338 e. The lowest BCUT2D eigenvalue weighted by Gasteiger charge is -2.25. The zero-order valence-corrected chi connectivity index (χ0v) is 14.1. The Kier molecular flexibility index (Phi) is 4.53. The lowest BCUT2D eigenvalue weighted by atomic mass is 10.1. The summed E-state index contributed by atoms with van der Waals surface area (Å²) in [4.78, 5) is 26.7. The number of amides is 1. The van der Waals surface area contributed by atoms with Crippen LogP contribution in [0.5, 0.6) is 0 Å². The molecule has 25 heavy (non-hydrogen) atoms. The second kappa shape index (κ2) is 6.78. The van der Waals surface area contributed by atoms with Crippen molar-refractivity contribution in [1.29, 1.82) is 5.26 Å². The SMILES string of the molecule is C[C@@H]1Cc2ccccc2N1C(=O)[C@@H](C)OC(=O)c1ccc(C#N)cc1. The van der Waals surface area contributed by atoms with Crippen LogP contribution in [0.3, 0.4) is 0 Å². The summed E-state index contributed by atoms with van der Waals surface area (Å²) in [5.74, 6) is -0.815. The van der Waals surface area contributed by atoms with Gasteiger partial charge in [-0.3, -0.25) is 4.79 Å². The summed E-state index contributed by atoms with van der Waals surface area (Å²) in [5, 5.41) is 8.80. The third-order valence-corrected chi connectivity index (χ3v) is 4.33. The number of benzene rings is 2. The van der Waals surface area contributed by atoms with Gasteiger partial charge in [-0.1, -0.05) is 18.2 Å². The predicted octanol–water partition coefficient (Wildman–Crippen LogP) is 3.08. The molecule has 126 valence electrons. The van der Waals surface area contributed by atoms with Gasteiger partial charge in [0.2, 0.25) is 0 Å². The molecule has 0 N–H and O–H groups in total. The molecule has 2 atom stereocenters. The first-order valence-electron chi connectivity index (χ1n) is 8.13. The molecule has 0 spiro atoms. The number of hydrogen-bond donors (Lipinski definition) is 0. The number of hydrogen-bond acceptors (Lipinski definition) is 4. The fourth-order valence-corrected chi connectivity index (χ4v) is 3.06. The third kappa shape index (κ3) is 3.24. The zero-order chi connectivity index (χ0) is 18.0. The molecule has 0 radical (unpaired) electrons. The van der Waals surface area contributed by atoms with Crippen molar-refractivity contribution in [2.24, 2.45) is 0 Å². The number of carbonyl (C=O) groups is 2. The van der Waals surface area contributed by atoms with Crippen molar-refractivity contribution in [3.8, 4) is 6.07 Å². The van der Waals surface area contributed by atoms with Crippen LogP contribution < -0.4 is 4.90 Å². The zero-order valence-electron chi connectivity index (χ0n) is 14.1. The number of ether oxygens (including phenoxy) is 1. The topological polar surface area (TPSA) is 70.4 Å². The smallest absolute Gasteiger partial charge is 0.338 e. The molecule has 0 aromatic heterocycles. The van der Waals surface area contributed by atoms with E-state index >= 15 is 0 Å². The Morgan fingerprint density at radius 2 is 1.88 bits per heavy atom. The highest BCUT2D eigenvalue weighted by Crippen LogP contribution is 2.32. The first-order valence-corrected chi connectivity index (χ1v) is 8.13. The summed E-state index contributed by atoms with van der Waals surface area (Å²) >= 11 is 0. The lowest BCUT2D eigenvalue weighted by Crippen LogP contribution is -2.43. The minimum atomic E-state index is -0.892. The maximum absolute atomic E-state index is 12.8. The Labute approximate surface area is 146 Å². The van der Waals surface area contributed by atoms with Gasteiger partial charge in [-0.2, -0.15) is 5.26 Å². The molecule has 0 saturated carbocycles. The van der Waals surface area contributed by atoms with E-state index in [2.05, 4.69) is 0 Å². The van der Waals surface area contributed by atoms with Gasteiger partial charge in [-0.25, -0.2) is 4.79 Å². The summed E-state index contributed by atoms with van der Waals surface area (Å²) in [7, 11) is 0. The summed E-state index contributed by atoms with van der Waals surface area (Å²) in [6, 6.07) is 15.9. The lowest BCUT2D eigenvalue weighted by molar-refractivity contribution is -0.126. The van der Waals surface area contributed by atoms with E-state index in [1.165, 1.54) is 12.1 Å². The van der Waals surface area contributed by atoms with Crippen LogP contribution in [0.2, 0.25) is 0 Å². The third-order valence-electron chi connectivity index (χ3n) is 4.33. The van der Waals surface area contributed by atoms with E-state index in [1.807, 2.05) is 37.3 Å². The van der Waals surface area contributed by atoms with Crippen LogP contribution in [-0.2, 0) is 16.0 Å². The van der Waals surface area contributed by atoms with E-state index < -0.39 is 12.1 Å². The molecule has 0 saturated heterocycles. The molecule has 1 aliphatic rings. The van der Waals surface area contributed by atoms with Crippen LogP contribution in [-0.4, -0.2) is 24.0 Å². The molecule has 5 nitrogen and oxygen atoms in total. The molecule has 2 aromatic rings. The molecule has 0 bridgehead atoms. The molecule has 1 amide bonds. The molecule has 0 fully saturated rings. The quantitative estimate of drug-likeness (QED) is 0.809. The van der Waals surface area contributed by atoms with Crippen molar-refractivity contribution < 1.29 is 14.3 Å². The first kappa shape index (κ1) is 16.7. The number of anilines is 1. The number of esters is 1. The van der Waals surface area contributed by atoms with E-state index in [0.717, 1.165) is 17.7 Å². The van der Waals surface area contributed by atoms with Crippen molar-refractivity contribution in [3.63, 3.8) is 0 Å². The van der Waals surface area contributed by atoms with E-state index in [0.29, 0.717) is 11.1 Å². The first-order chi connectivity index (χ1) is 12.0. The normalized spacial score (nSPS) is 16.7. The number of nitrogens with zero attached hydrogens (tertiary/aromatic N) is 2. The van der Waals surface area contributed by atoms with Gasteiger partial charge in [0.05, 0.1) is 17.2 Å². The number of fused-ring (bicyclic) bond motifs is 1. The Morgan fingerprint density at radius 1 is 1.20 bits per heavy atom. The van der Waals surface area contributed by atoms with Gasteiger partial charge in [0.1, 0.15) is 0 Å². The van der Waals surface area contributed by atoms with Crippen LogP contribution in [0.25, 0.3) is 0 Å². The highest BCUT2D eigenvalue weighted by molar-refractivity contribution is 6.00. The maximum atomic E-state index is 12.8. The molecular formula is C20H18N2O3. The molecule has 3 rings (SSSR count). The van der Waals surface area contributed by atoms with Crippen molar-refractivity contribution in [2.45, 2.75) is 32.4 Å². The fraction of sp³-hybridized carbons (Fsp3) is 0.250. The van der Waals surface area contributed by atoms with Crippen molar-refractivity contribution >= 4 is 17.6 Å². The fourth-order valence-electron chi connectivity index (χ4n) is 3.06. The average Bonchev–Trinajstić information content (AvgIpc) is 2.96. The Balaban J connectivity index is 1.72. The van der Waals surface area contributed by atoms with E-state index in [-0.39, 0.29) is 11.9 Å². The molecule has 0 aliphatic carbocycles. The van der Waals surface area contributed by atoms with Gasteiger partial charge in [0.15, 0.2) is 6.10 Å². The molecule has 1 aliphatic heterocycles. The Hall–Kier alpha value is -3.13. The minimum absolute atomic E-state index is 0.0287. The van der Waals surface area contributed by atoms with Crippen LogP contribution in [0.1, 0.15) is 35.3 Å². The Morgan fingerprint density at radius 3 is 2.56 bits per heavy atom. The number of rotatable bonds is 3. The summed E-state index contributed by atoms with van der Waals surface area (Å²) in [6.45, 7) is 3.56. The monoisotopic (exact) mass is 334 g/mol. The van der Waals surface area contributed by atoms with Gasteiger partial charge in [-0.05, 0) is 56.2 Å². The van der Waals surface area contributed by atoms with Crippen LogP contribution in [0.4, 0.5) is 5.69 Å². The molecule has 5 heteroatoms. The van der Waals surface area contributed by atoms with E-state index in [4.69, 9.17) is 10.00 Å².